The van der Waals surface area contributed by atoms with Crippen LogP contribution in [0.1, 0.15) is 21.5 Å². The number of para-hydroxylation sites is 1. The van der Waals surface area contributed by atoms with Crippen LogP contribution in [-0.4, -0.2) is 42.0 Å². The molecule has 0 radical (unpaired) electrons. The fourth-order valence-electron chi connectivity index (χ4n) is 3.71. The number of hydrogen-bond donors (Lipinski definition) is 1. The molecule has 29 heavy (non-hydrogen) atoms. The lowest BCUT2D eigenvalue weighted by Crippen LogP contribution is -2.49. The highest BCUT2D eigenvalue weighted by Gasteiger charge is 2.23. The van der Waals surface area contributed by atoms with E-state index in [1.165, 1.54) is 16.8 Å². The summed E-state index contributed by atoms with van der Waals surface area (Å²) in [4.78, 5) is 21.7. The molecule has 0 spiro atoms. The monoisotopic (exact) mass is 386 g/mol. The molecule has 1 amide bonds. The Morgan fingerprint density at radius 1 is 0.931 bits per heavy atom. The summed E-state index contributed by atoms with van der Waals surface area (Å²) >= 11 is 0. The summed E-state index contributed by atoms with van der Waals surface area (Å²) in [5.74, 6) is 0.736. The molecule has 1 fully saturated rings. The smallest absolute Gasteiger partial charge is 0.254 e. The maximum Gasteiger partial charge on any atom is 0.254 e. The average Bonchev–Trinajstić information content (AvgIpc) is 2.76. The molecule has 2 heterocycles. The molecule has 0 aliphatic carbocycles. The van der Waals surface area contributed by atoms with E-state index in [-0.39, 0.29) is 5.91 Å². The lowest BCUT2D eigenvalue weighted by Gasteiger charge is -2.37. The number of carbonyl (C=O) groups is 1. The van der Waals surface area contributed by atoms with Gasteiger partial charge in [0.25, 0.3) is 5.91 Å². The second-order valence-electron chi connectivity index (χ2n) is 7.42. The number of pyridine rings is 1. The third-order valence-corrected chi connectivity index (χ3v) is 5.54. The molecule has 3 aromatic rings. The third kappa shape index (κ3) is 4.24. The Balaban J connectivity index is 1.42. The molecule has 0 unspecified atom stereocenters. The highest BCUT2D eigenvalue weighted by molar-refractivity contribution is 5.95. The predicted molar refractivity (Wildman–Crippen MR) is 118 cm³/mol. The molecule has 5 heteroatoms. The van der Waals surface area contributed by atoms with Crippen LogP contribution in [0, 0.1) is 13.8 Å². The van der Waals surface area contributed by atoms with Gasteiger partial charge in [0.1, 0.15) is 5.82 Å². The number of aryl methyl sites for hydroxylation is 1. The minimum Gasteiger partial charge on any atom is -0.368 e. The van der Waals surface area contributed by atoms with Gasteiger partial charge < -0.3 is 15.1 Å². The molecule has 148 valence electrons. The highest BCUT2D eigenvalue weighted by atomic mass is 16.2. The first kappa shape index (κ1) is 19.0. The Labute approximate surface area is 172 Å². The van der Waals surface area contributed by atoms with E-state index in [9.17, 15) is 4.79 Å². The second-order valence-corrected chi connectivity index (χ2v) is 7.42. The summed E-state index contributed by atoms with van der Waals surface area (Å²) in [6.45, 7) is 7.43. The van der Waals surface area contributed by atoms with Gasteiger partial charge in [0.05, 0.1) is 0 Å². The maximum atomic E-state index is 13.0. The largest absolute Gasteiger partial charge is 0.368 e. The van der Waals surface area contributed by atoms with Crippen LogP contribution in [0.15, 0.2) is 66.9 Å². The van der Waals surface area contributed by atoms with E-state index in [0.717, 1.165) is 31.9 Å². The van der Waals surface area contributed by atoms with Gasteiger partial charge in [-0.15, -0.1) is 0 Å². The topological polar surface area (TPSA) is 48.5 Å². The zero-order chi connectivity index (χ0) is 20.2. The fourth-order valence-corrected chi connectivity index (χ4v) is 3.71. The molecule has 0 atom stereocenters. The highest BCUT2D eigenvalue weighted by Crippen LogP contribution is 2.24. The number of benzene rings is 2. The Kier molecular flexibility index (Phi) is 5.47. The first-order valence-electron chi connectivity index (χ1n) is 10.0. The van der Waals surface area contributed by atoms with Crippen molar-refractivity contribution in [3.05, 3.63) is 83.6 Å². The van der Waals surface area contributed by atoms with Gasteiger partial charge >= 0.3 is 0 Å². The molecule has 1 aliphatic rings. The van der Waals surface area contributed by atoms with Crippen LogP contribution in [0.3, 0.4) is 0 Å². The lowest BCUT2D eigenvalue weighted by atomic mass is 10.1. The Morgan fingerprint density at radius 3 is 2.45 bits per heavy atom. The van der Waals surface area contributed by atoms with E-state index in [4.69, 9.17) is 0 Å². The number of nitrogens with zero attached hydrogens (tertiary/aromatic N) is 3. The zero-order valence-corrected chi connectivity index (χ0v) is 16.9. The number of aromatic nitrogens is 1. The molecule has 5 nitrogen and oxygen atoms in total. The maximum absolute atomic E-state index is 13.0. The van der Waals surface area contributed by atoms with Crippen LogP contribution in [0.4, 0.5) is 17.2 Å². The van der Waals surface area contributed by atoms with Crippen molar-refractivity contribution in [1.82, 2.24) is 9.88 Å². The zero-order valence-electron chi connectivity index (χ0n) is 16.9. The van der Waals surface area contributed by atoms with Crippen molar-refractivity contribution < 1.29 is 4.79 Å². The minimum absolute atomic E-state index is 0.0594. The SMILES string of the molecule is Cc1cccc(N2CCN(C(=O)c3ccnc(Nc4ccccc4)c3)CC2)c1C. The summed E-state index contributed by atoms with van der Waals surface area (Å²) in [6.07, 6.45) is 1.69. The van der Waals surface area contributed by atoms with Crippen LogP contribution >= 0.6 is 0 Å². The second kappa shape index (κ2) is 8.35. The summed E-state index contributed by atoms with van der Waals surface area (Å²) in [5.41, 5.74) is 5.51. The van der Waals surface area contributed by atoms with Gasteiger partial charge in [-0.2, -0.15) is 0 Å². The minimum atomic E-state index is 0.0594. The van der Waals surface area contributed by atoms with Crippen molar-refractivity contribution in [3.63, 3.8) is 0 Å². The van der Waals surface area contributed by atoms with Crippen LogP contribution < -0.4 is 10.2 Å². The Morgan fingerprint density at radius 2 is 1.69 bits per heavy atom. The van der Waals surface area contributed by atoms with E-state index in [1.807, 2.05) is 41.3 Å². The van der Waals surface area contributed by atoms with Crippen LogP contribution in [0.25, 0.3) is 0 Å². The molecule has 0 bridgehead atoms. The molecule has 1 saturated heterocycles. The van der Waals surface area contributed by atoms with Gasteiger partial charge in [0.15, 0.2) is 0 Å². The van der Waals surface area contributed by atoms with Crippen molar-refractivity contribution in [2.45, 2.75) is 13.8 Å². The van der Waals surface area contributed by atoms with Crippen molar-refractivity contribution in [3.8, 4) is 0 Å². The average molecular weight is 386 g/mol. The van der Waals surface area contributed by atoms with Crippen molar-refractivity contribution in [2.24, 2.45) is 0 Å². The number of anilines is 3. The summed E-state index contributed by atoms with van der Waals surface area (Å²) in [7, 11) is 0. The molecule has 2 aromatic carbocycles. The van der Waals surface area contributed by atoms with Crippen molar-refractivity contribution >= 4 is 23.1 Å². The van der Waals surface area contributed by atoms with Crippen molar-refractivity contribution in [2.75, 3.05) is 36.4 Å². The first-order valence-corrected chi connectivity index (χ1v) is 10.0. The summed E-state index contributed by atoms with van der Waals surface area (Å²) < 4.78 is 0. The molecule has 1 N–H and O–H groups in total. The summed E-state index contributed by atoms with van der Waals surface area (Å²) in [5, 5.41) is 3.25. The van der Waals surface area contributed by atoms with Gasteiger partial charge in [0.2, 0.25) is 0 Å². The molecule has 4 rings (SSSR count). The normalized spacial score (nSPS) is 14.0. The van der Waals surface area contributed by atoms with E-state index < -0.39 is 0 Å². The van der Waals surface area contributed by atoms with E-state index in [0.29, 0.717) is 11.4 Å². The number of carbonyl (C=O) groups excluding carboxylic acids is 1. The molecular weight excluding hydrogens is 360 g/mol. The standard InChI is InChI=1S/C24H26N4O/c1-18-7-6-10-22(19(18)2)27-13-15-28(16-14-27)24(29)20-11-12-25-23(17-20)26-21-8-4-3-5-9-21/h3-12,17H,13-16H2,1-2H3,(H,25,26). The van der Waals surface area contributed by atoms with E-state index in [1.54, 1.807) is 12.3 Å². The first-order chi connectivity index (χ1) is 14.1. The molecular formula is C24H26N4O. The number of amides is 1. The van der Waals surface area contributed by atoms with E-state index in [2.05, 4.69) is 47.2 Å². The fraction of sp³-hybridized carbons (Fsp3) is 0.250. The van der Waals surface area contributed by atoms with Crippen LogP contribution in [0.5, 0.6) is 0 Å². The number of nitrogens with one attached hydrogen (secondary N) is 1. The number of rotatable bonds is 4. The van der Waals surface area contributed by atoms with Gasteiger partial charge in [-0.1, -0.05) is 30.3 Å². The number of piperazine rings is 1. The Hall–Kier alpha value is -3.34. The van der Waals surface area contributed by atoms with E-state index >= 15 is 0 Å². The van der Waals surface area contributed by atoms with Gasteiger partial charge in [0, 0.05) is 49.3 Å². The summed E-state index contributed by atoms with van der Waals surface area (Å²) in [6, 6.07) is 19.9. The molecule has 1 aliphatic heterocycles. The van der Waals surface area contributed by atoms with Gasteiger partial charge in [-0.05, 0) is 55.3 Å². The number of hydrogen-bond acceptors (Lipinski definition) is 4. The quantitative estimate of drug-likeness (QED) is 0.722. The van der Waals surface area contributed by atoms with Gasteiger partial charge in [-0.25, -0.2) is 4.98 Å². The predicted octanol–water partition coefficient (Wildman–Crippen LogP) is 4.40. The molecule has 0 saturated carbocycles. The van der Waals surface area contributed by atoms with Gasteiger partial charge in [-0.3, -0.25) is 4.79 Å². The van der Waals surface area contributed by atoms with Crippen LogP contribution in [-0.2, 0) is 0 Å². The third-order valence-electron chi connectivity index (χ3n) is 5.54. The van der Waals surface area contributed by atoms with Crippen LogP contribution in [0.2, 0.25) is 0 Å². The Bertz CT molecular complexity index is 995. The van der Waals surface area contributed by atoms with Crippen molar-refractivity contribution in [1.29, 1.82) is 0 Å². The molecule has 1 aromatic heterocycles. The lowest BCUT2D eigenvalue weighted by molar-refractivity contribution is 0.0746.